The lowest BCUT2D eigenvalue weighted by Gasteiger charge is -2.03. The van der Waals surface area contributed by atoms with E-state index < -0.39 is 0 Å². The van der Waals surface area contributed by atoms with E-state index in [1.165, 1.54) is 11.3 Å². The summed E-state index contributed by atoms with van der Waals surface area (Å²) in [5.74, 6) is 0.158. The Morgan fingerprint density at radius 3 is 2.70 bits per heavy atom. The average molecular weight is 335 g/mol. The van der Waals surface area contributed by atoms with Crippen LogP contribution in [0.2, 0.25) is 0 Å². The summed E-state index contributed by atoms with van der Waals surface area (Å²) in [6.07, 6.45) is 13.9. The second-order valence-corrected chi connectivity index (χ2v) is 5.69. The van der Waals surface area contributed by atoms with Crippen LogP contribution in [0.1, 0.15) is 43.2 Å². The Bertz CT molecular complexity index is 541. The van der Waals surface area contributed by atoms with Crippen molar-refractivity contribution < 1.29 is 14.3 Å². The third-order valence-corrected chi connectivity index (χ3v) is 3.40. The van der Waals surface area contributed by atoms with E-state index >= 15 is 0 Å². The predicted molar refractivity (Wildman–Crippen MR) is 96.4 cm³/mol. The molecule has 0 spiro atoms. The lowest BCUT2D eigenvalue weighted by Crippen LogP contribution is -2.04. The summed E-state index contributed by atoms with van der Waals surface area (Å²) < 4.78 is 10.4. The molecular formula is C18H25NO3S. The second kappa shape index (κ2) is 12.6. The molecule has 1 aromatic rings. The minimum absolute atomic E-state index is 0.356. The summed E-state index contributed by atoms with van der Waals surface area (Å²) in [7, 11) is 0. The highest BCUT2D eigenvalue weighted by Crippen LogP contribution is 2.21. The van der Waals surface area contributed by atoms with Crippen LogP contribution in [0.5, 0.6) is 0 Å². The maximum absolute atomic E-state index is 11.6. The highest BCUT2D eigenvalue weighted by atomic mass is 32.1. The number of carbonyl (C=O) groups excluding carboxylic acids is 1. The smallest absolute Gasteiger partial charge is 0.357 e. The molecule has 0 N–H and O–H groups in total. The van der Waals surface area contributed by atoms with Gasteiger partial charge in [0.05, 0.1) is 13.2 Å². The van der Waals surface area contributed by atoms with Gasteiger partial charge in [-0.1, -0.05) is 32.1 Å². The van der Waals surface area contributed by atoms with Crippen LogP contribution in [-0.4, -0.2) is 30.8 Å². The van der Waals surface area contributed by atoms with Crippen LogP contribution in [0.3, 0.4) is 0 Å². The monoisotopic (exact) mass is 335 g/mol. The highest BCUT2D eigenvalue weighted by Gasteiger charge is 2.12. The molecule has 126 valence electrons. The molecule has 0 aliphatic carbocycles. The Hall–Kier alpha value is -1.90. The Balaban J connectivity index is 0.00000232. The van der Waals surface area contributed by atoms with Crippen LogP contribution in [0, 0.1) is 18.8 Å². The fourth-order valence-corrected chi connectivity index (χ4v) is 2.39. The van der Waals surface area contributed by atoms with E-state index in [9.17, 15) is 4.79 Å². The number of esters is 1. The van der Waals surface area contributed by atoms with Gasteiger partial charge in [-0.05, 0) is 19.8 Å². The van der Waals surface area contributed by atoms with Gasteiger partial charge in [-0.25, -0.2) is 9.78 Å². The third kappa shape index (κ3) is 8.34. The fourth-order valence-electron chi connectivity index (χ4n) is 1.54. The Morgan fingerprint density at radius 2 is 2.13 bits per heavy atom. The number of carbonyl (C=O) groups is 1. The summed E-state index contributed by atoms with van der Waals surface area (Å²) in [5, 5.41) is 2.53. The van der Waals surface area contributed by atoms with Gasteiger partial charge < -0.3 is 9.47 Å². The van der Waals surface area contributed by atoms with Gasteiger partial charge in [0.15, 0.2) is 5.69 Å². The minimum atomic E-state index is -0.375. The first-order valence-electron chi connectivity index (χ1n) is 7.45. The van der Waals surface area contributed by atoms with Crippen molar-refractivity contribution in [2.45, 2.75) is 27.7 Å². The average Bonchev–Trinajstić information content (AvgIpc) is 3.02. The molecule has 23 heavy (non-hydrogen) atoms. The quantitative estimate of drug-likeness (QED) is 0.309. The van der Waals surface area contributed by atoms with Gasteiger partial charge in [0.1, 0.15) is 5.01 Å². The number of nitrogens with zero attached hydrogens (tertiary/aromatic N) is 1. The van der Waals surface area contributed by atoms with Gasteiger partial charge in [-0.3, -0.25) is 0 Å². The lowest BCUT2D eigenvalue weighted by atomic mass is 10.2. The molecule has 0 aliphatic heterocycles. The number of allylic oxidation sites excluding steroid dienone is 3. The third-order valence-electron chi connectivity index (χ3n) is 2.51. The normalized spacial score (nSPS) is 11.3. The molecular weight excluding hydrogens is 310 g/mol. The van der Waals surface area contributed by atoms with E-state index in [0.29, 0.717) is 24.8 Å². The van der Waals surface area contributed by atoms with Crippen molar-refractivity contribution in [3.8, 4) is 12.8 Å². The van der Waals surface area contributed by atoms with Crippen LogP contribution in [0.15, 0.2) is 23.6 Å². The predicted octanol–water partition coefficient (Wildman–Crippen LogP) is 4.20. The zero-order valence-corrected chi connectivity index (χ0v) is 15.1. The van der Waals surface area contributed by atoms with Gasteiger partial charge in [-0.2, -0.15) is 0 Å². The van der Waals surface area contributed by atoms with Crippen LogP contribution in [-0.2, 0) is 9.47 Å². The van der Waals surface area contributed by atoms with Crippen molar-refractivity contribution in [3.05, 3.63) is 34.3 Å². The molecule has 0 aliphatic rings. The van der Waals surface area contributed by atoms with Crippen molar-refractivity contribution in [3.63, 3.8) is 0 Å². The summed E-state index contributed by atoms with van der Waals surface area (Å²) in [6.45, 7) is 9.64. The molecule has 0 radical (unpaired) electrons. The largest absolute Gasteiger partial charge is 0.461 e. The number of rotatable bonds is 8. The summed E-state index contributed by atoms with van der Waals surface area (Å²) in [5.41, 5.74) is 1.34. The van der Waals surface area contributed by atoms with E-state index in [0.717, 1.165) is 17.2 Å². The molecule has 0 amide bonds. The summed E-state index contributed by atoms with van der Waals surface area (Å²) in [4.78, 5) is 15.9. The molecule has 1 rings (SSSR count). The first kappa shape index (κ1) is 21.1. The lowest BCUT2D eigenvalue weighted by molar-refractivity contribution is 0.0520. The van der Waals surface area contributed by atoms with E-state index in [1.807, 2.05) is 25.2 Å². The number of terminal acetylenes is 1. The van der Waals surface area contributed by atoms with Crippen LogP contribution < -0.4 is 0 Å². The second-order valence-electron chi connectivity index (χ2n) is 4.84. The molecule has 0 aromatic carbocycles. The van der Waals surface area contributed by atoms with E-state index in [-0.39, 0.29) is 5.97 Å². The Kier molecular flexibility index (Phi) is 11.6. The van der Waals surface area contributed by atoms with Gasteiger partial charge in [0.2, 0.25) is 0 Å². The SMILES string of the molecule is C#C.C/C=C(\C=C/COCC(C)C)c1nc(C(=O)OCC)cs1. The highest BCUT2D eigenvalue weighted by molar-refractivity contribution is 7.11. The van der Waals surface area contributed by atoms with E-state index in [1.54, 1.807) is 12.3 Å². The van der Waals surface area contributed by atoms with Crippen LogP contribution in [0.25, 0.3) is 5.57 Å². The molecule has 4 nitrogen and oxygen atoms in total. The zero-order chi connectivity index (χ0) is 17.7. The van der Waals surface area contributed by atoms with Crippen molar-refractivity contribution in [1.82, 2.24) is 4.98 Å². The zero-order valence-electron chi connectivity index (χ0n) is 14.2. The van der Waals surface area contributed by atoms with Crippen molar-refractivity contribution in [1.29, 1.82) is 0 Å². The molecule has 0 bridgehead atoms. The summed E-state index contributed by atoms with van der Waals surface area (Å²) >= 11 is 1.43. The number of thiazole rings is 1. The fraction of sp³-hybridized carbons (Fsp3) is 0.444. The molecule has 0 saturated heterocycles. The molecule has 1 aromatic heterocycles. The van der Waals surface area contributed by atoms with Crippen molar-refractivity contribution in [2.75, 3.05) is 19.8 Å². The first-order valence-corrected chi connectivity index (χ1v) is 8.33. The maximum Gasteiger partial charge on any atom is 0.357 e. The molecule has 5 heteroatoms. The topological polar surface area (TPSA) is 48.4 Å². The molecule has 0 atom stereocenters. The van der Waals surface area contributed by atoms with Crippen LogP contribution >= 0.6 is 11.3 Å². The Labute approximate surface area is 143 Å². The number of ether oxygens (including phenoxy) is 2. The minimum Gasteiger partial charge on any atom is -0.461 e. The standard InChI is InChI=1S/C16H23NO3S.C2H2/c1-5-13(8-7-9-19-10-12(3)4)15-17-14(11-21-15)16(18)20-6-2;1-2/h5,7-8,11-12H,6,9-10H2,1-4H3;1-2H/b8-7-,13-5+;. The van der Waals surface area contributed by atoms with Crippen molar-refractivity contribution >= 4 is 22.9 Å². The molecule has 0 unspecified atom stereocenters. The maximum atomic E-state index is 11.6. The van der Waals surface area contributed by atoms with Crippen molar-refractivity contribution in [2.24, 2.45) is 5.92 Å². The van der Waals surface area contributed by atoms with Gasteiger partial charge in [0, 0.05) is 17.6 Å². The number of hydrogen-bond acceptors (Lipinski definition) is 5. The van der Waals surface area contributed by atoms with Gasteiger partial charge >= 0.3 is 5.97 Å². The Morgan fingerprint density at radius 1 is 1.43 bits per heavy atom. The summed E-state index contributed by atoms with van der Waals surface area (Å²) in [6, 6.07) is 0. The van der Waals surface area contributed by atoms with E-state index in [2.05, 4.69) is 31.7 Å². The molecule has 1 heterocycles. The number of hydrogen-bond donors (Lipinski definition) is 0. The van der Waals surface area contributed by atoms with E-state index in [4.69, 9.17) is 9.47 Å². The van der Waals surface area contributed by atoms with Crippen LogP contribution in [0.4, 0.5) is 0 Å². The van der Waals surface area contributed by atoms with Gasteiger partial charge in [0.25, 0.3) is 0 Å². The molecule has 0 saturated carbocycles. The number of aromatic nitrogens is 1. The first-order chi connectivity index (χ1) is 11.1. The van der Waals surface area contributed by atoms with Gasteiger partial charge in [-0.15, -0.1) is 24.2 Å². The molecule has 0 fully saturated rings.